The normalized spacial score (nSPS) is 10.3. The van der Waals surface area contributed by atoms with Crippen LogP contribution >= 0.6 is 0 Å². The van der Waals surface area contributed by atoms with Crippen LogP contribution in [0, 0.1) is 0 Å². The van der Waals surface area contributed by atoms with Crippen molar-refractivity contribution in [3.8, 4) is 17.2 Å². The van der Waals surface area contributed by atoms with Crippen molar-refractivity contribution in [3.63, 3.8) is 0 Å². The third kappa shape index (κ3) is 11.8. The van der Waals surface area contributed by atoms with Gasteiger partial charge in [-0.15, -0.1) is 0 Å². The zero-order valence-corrected chi connectivity index (χ0v) is 25.8. The van der Waals surface area contributed by atoms with E-state index in [-0.39, 0.29) is 53.6 Å². The van der Waals surface area contributed by atoms with Crippen LogP contribution in [0.15, 0.2) is 72.8 Å². The van der Waals surface area contributed by atoms with Crippen LogP contribution in [0.1, 0.15) is 58.3 Å². The third-order valence-electron chi connectivity index (χ3n) is 5.73. The lowest BCUT2D eigenvalue weighted by molar-refractivity contribution is -0.134. The minimum atomic E-state index is -1.31. The molecule has 3 aromatic carbocycles. The van der Waals surface area contributed by atoms with E-state index in [2.05, 4.69) is 0 Å². The highest BCUT2D eigenvalue weighted by atomic mass is 16.7. The van der Waals surface area contributed by atoms with Gasteiger partial charge in [0.2, 0.25) is 0 Å². The molecule has 3 aromatic rings. The number of carbonyl (C=O) groups is 6. The van der Waals surface area contributed by atoms with Crippen LogP contribution in [0.5, 0.6) is 17.2 Å². The van der Waals surface area contributed by atoms with Crippen LogP contribution in [0.25, 0.3) is 0 Å². The van der Waals surface area contributed by atoms with E-state index in [1.165, 1.54) is 72.8 Å². The predicted octanol–water partition coefficient (Wildman–Crippen LogP) is 5.31. The van der Waals surface area contributed by atoms with Crippen LogP contribution in [-0.2, 0) is 28.5 Å². The zero-order chi connectivity index (χ0) is 34.2. The summed E-state index contributed by atoms with van der Waals surface area (Å²) in [5, 5.41) is 0. The summed E-state index contributed by atoms with van der Waals surface area (Å²) in [6, 6.07) is 16.7. The fourth-order valence-corrected chi connectivity index (χ4v) is 3.59. The Labute approximate surface area is 269 Å². The fourth-order valence-electron chi connectivity index (χ4n) is 3.59. The number of ether oxygens (including phenoxy) is 8. The molecule has 0 N–H and O–H groups in total. The molecule has 0 bridgehead atoms. The minimum Gasteiger partial charge on any atom is -0.458 e. The van der Waals surface area contributed by atoms with Gasteiger partial charge >= 0.3 is 36.2 Å². The molecule has 0 aliphatic rings. The number of esters is 4. The molecule has 0 aliphatic heterocycles. The van der Waals surface area contributed by atoms with E-state index < -0.39 is 55.5 Å². The summed E-state index contributed by atoms with van der Waals surface area (Å²) in [4.78, 5) is 73.7. The first kappa shape index (κ1) is 35.6. The summed E-state index contributed by atoms with van der Waals surface area (Å²) in [5.74, 6) is -3.00. The molecule has 0 heterocycles. The molecular formula is C33H32O14. The van der Waals surface area contributed by atoms with E-state index in [0.29, 0.717) is 0 Å². The second-order valence-corrected chi connectivity index (χ2v) is 9.21. The van der Waals surface area contributed by atoms with Gasteiger partial charge in [0.15, 0.2) is 6.10 Å². The average Bonchev–Trinajstić information content (AvgIpc) is 3.06. The molecule has 0 spiro atoms. The van der Waals surface area contributed by atoms with Gasteiger partial charge in [0, 0.05) is 6.42 Å². The maximum atomic E-state index is 13.0. The highest BCUT2D eigenvalue weighted by Crippen LogP contribution is 2.19. The highest BCUT2D eigenvalue weighted by molar-refractivity contribution is 5.92. The summed E-state index contributed by atoms with van der Waals surface area (Å²) in [5.41, 5.74) is -0.00265. The van der Waals surface area contributed by atoms with E-state index in [4.69, 9.17) is 37.9 Å². The monoisotopic (exact) mass is 652 g/mol. The molecule has 0 aromatic heterocycles. The summed E-state index contributed by atoms with van der Waals surface area (Å²) >= 11 is 0. The lowest BCUT2D eigenvalue weighted by Gasteiger charge is -2.18. The van der Waals surface area contributed by atoms with Crippen molar-refractivity contribution in [2.45, 2.75) is 33.3 Å². The molecule has 0 saturated carbocycles. The summed E-state index contributed by atoms with van der Waals surface area (Å²) < 4.78 is 40.7. The number of rotatable bonds is 14. The Balaban J connectivity index is 1.73. The van der Waals surface area contributed by atoms with Crippen molar-refractivity contribution in [3.05, 3.63) is 89.5 Å². The topological polar surface area (TPSA) is 176 Å². The molecule has 0 aliphatic carbocycles. The fraction of sp³-hybridized carbons (Fsp3) is 0.273. The van der Waals surface area contributed by atoms with Gasteiger partial charge in [-0.2, -0.15) is 0 Å². The van der Waals surface area contributed by atoms with Crippen LogP contribution in [0.2, 0.25) is 0 Å². The van der Waals surface area contributed by atoms with Crippen LogP contribution < -0.4 is 14.2 Å². The van der Waals surface area contributed by atoms with Gasteiger partial charge < -0.3 is 37.9 Å². The molecule has 14 heteroatoms. The zero-order valence-electron chi connectivity index (χ0n) is 25.8. The van der Waals surface area contributed by atoms with Gasteiger partial charge in [0.25, 0.3) is 0 Å². The summed E-state index contributed by atoms with van der Waals surface area (Å²) in [7, 11) is 0. The number of hydrogen-bond acceptors (Lipinski definition) is 14. The molecule has 14 nitrogen and oxygen atoms in total. The average molecular weight is 653 g/mol. The first-order valence-electron chi connectivity index (χ1n) is 14.4. The molecule has 3 rings (SSSR count). The minimum absolute atomic E-state index is 0.00156. The molecule has 0 saturated heterocycles. The van der Waals surface area contributed by atoms with E-state index in [9.17, 15) is 28.8 Å². The Morgan fingerprint density at radius 3 is 1.34 bits per heavy atom. The molecule has 0 atom stereocenters. The molecular weight excluding hydrogens is 620 g/mol. The number of benzene rings is 3. The molecule has 0 amide bonds. The Morgan fingerprint density at radius 1 is 0.532 bits per heavy atom. The lowest BCUT2D eigenvalue weighted by Crippen LogP contribution is -2.31. The summed E-state index contributed by atoms with van der Waals surface area (Å²) in [6.45, 7) is 3.88. The smallest absolute Gasteiger partial charge is 0.458 e. The second-order valence-electron chi connectivity index (χ2n) is 9.21. The van der Waals surface area contributed by atoms with E-state index >= 15 is 0 Å². The first-order valence-corrected chi connectivity index (χ1v) is 14.4. The van der Waals surface area contributed by atoms with Gasteiger partial charge in [-0.05, 0) is 68.4 Å². The third-order valence-corrected chi connectivity index (χ3v) is 5.73. The van der Waals surface area contributed by atoms with Crippen LogP contribution in [-0.4, -0.2) is 68.7 Å². The van der Waals surface area contributed by atoms with Crippen LogP contribution in [0.3, 0.4) is 0 Å². The molecule has 47 heavy (non-hydrogen) atoms. The van der Waals surface area contributed by atoms with Gasteiger partial charge in [-0.3, -0.25) is 4.79 Å². The van der Waals surface area contributed by atoms with E-state index in [1.54, 1.807) is 20.8 Å². The van der Waals surface area contributed by atoms with Crippen molar-refractivity contribution < 1.29 is 66.7 Å². The van der Waals surface area contributed by atoms with E-state index in [1.807, 2.05) is 0 Å². The Kier molecular flexibility index (Phi) is 13.7. The maximum absolute atomic E-state index is 13.0. The van der Waals surface area contributed by atoms with Crippen molar-refractivity contribution in [1.29, 1.82) is 0 Å². The maximum Gasteiger partial charge on any atom is 0.513 e. The first-order chi connectivity index (χ1) is 22.6. The van der Waals surface area contributed by atoms with Crippen molar-refractivity contribution in [2.75, 3.05) is 26.4 Å². The quantitative estimate of drug-likeness (QED) is 0.0947. The Bertz CT molecular complexity index is 1500. The van der Waals surface area contributed by atoms with Gasteiger partial charge in [0.05, 0.1) is 29.9 Å². The van der Waals surface area contributed by atoms with Crippen molar-refractivity contribution in [1.82, 2.24) is 0 Å². The largest absolute Gasteiger partial charge is 0.513 e. The predicted molar refractivity (Wildman–Crippen MR) is 160 cm³/mol. The Morgan fingerprint density at radius 2 is 0.936 bits per heavy atom. The SMILES string of the molecule is CCOC(=O)Oc1cccc(C(=O)OCC(COC(=O)c2cccc(OC(=O)OCC)c2)OC(=O)c2cccc(OC(=O)CC)c2)c1. The molecule has 248 valence electrons. The van der Waals surface area contributed by atoms with Gasteiger partial charge in [0.1, 0.15) is 30.5 Å². The number of carbonyl (C=O) groups excluding carboxylic acids is 6. The van der Waals surface area contributed by atoms with Crippen LogP contribution in [0.4, 0.5) is 9.59 Å². The highest BCUT2D eigenvalue weighted by Gasteiger charge is 2.23. The lowest BCUT2D eigenvalue weighted by atomic mass is 10.2. The summed E-state index contributed by atoms with van der Waals surface area (Å²) in [6.07, 6.45) is -3.12. The Hall–Kier alpha value is -5.92. The van der Waals surface area contributed by atoms with Gasteiger partial charge in [-0.25, -0.2) is 24.0 Å². The number of hydrogen-bond donors (Lipinski definition) is 0. The molecule has 0 fully saturated rings. The van der Waals surface area contributed by atoms with Crippen molar-refractivity contribution in [2.24, 2.45) is 0 Å². The van der Waals surface area contributed by atoms with Gasteiger partial charge in [-0.1, -0.05) is 25.1 Å². The standard InChI is InChI=1S/C33H32O14/c1-4-28(34)44-24-13-9-12-23(18-24)31(37)45-27(19-42-29(35)21-10-7-14-25(16-21)46-32(38)40-5-2)20-43-30(36)22-11-8-15-26(17-22)47-33(39)41-6-3/h7-18,27H,4-6,19-20H2,1-3H3. The van der Waals surface area contributed by atoms with Crippen molar-refractivity contribution >= 4 is 36.2 Å². The molecule has 0 radical (unpaired) electrons. The molecule has 0 unspecified atom stereocenters. The second kappa shape index (κ2) is 18.1. The van der Waals surface area contributed by atoms with E-state index in [0.717, 1.165) is 0 Å².